The fourth-order valence-corrected chi connectivity index (χ4v) is 1.98. The maximum absolute atomic E-state index is 12.2. The number of rotatable bonds is 1. The Morgan fingerprint density at radius 1 is 1.05 bits per heavy atom. The van der Waals surface area contributed by atoms with Gasteiger partial charge in [0.25, 0.3) is 0 Å². The minimum atomic E-state index is -0.668. The number of hydrogen-bond donors (Lipinski definition) is 1. The molecular formula is C14H26N2O4. The molecule has 1 saturated heterocycles. The summed E-state index contributed by atoms with van der Waals surface area (Å²) in [6.07, 6.45) is -0.130. The highest BCUT2D eigenvalue weighted by Gasteiger charge is 2.42. The Morgan fingerprint density at radius 2 is 1.55 bits per heavy atom. The third-order valence-corrected chi connectivity index (χ3v) is 2.64. The molecule has 1 rings (SSSR count). The summed E-state index contributed by atoms with van der Waals surface area (Å²) in [5.74, 6) is -0.434. The van der Waals surface area contributed by atoms with Crippen molar-refractivity contribution >= 4 is 12.1 Å². The molecule has 116 valence electrons. The molecular weight excluding hydrogens is 260 g/mol. The van der Waals surface area contributed by atoms with E-state index in [1.807, 2.05) is 0 Å². The largest absolute Gasteiger partial charge is 0.458 e. The van der Waals surface area contributed by atoms with Crippen molar-refractivity contribution in [1.82, 2.24) is 4.90 Å². The molecule has 0 aliphatic carbocycles. The molecule has 1 amide bonds. The lowest BCUT2D eigenvalue weighted by atomic mass is 10.1. The first-order chi connectivity index (χ1) is 8.89. The molecule has 2 atom stereocenters. The summed E-state index contributed by atoms with van der Waals surface area (Å²) in [5.41, 5.74) is 4.66. The number of esters is 1. The van der Waals surface area contributed by atoms with Gasteiger partial charge in [0.15, 0.2) is 0 Å². The maximum Gasteiger partial charge on any atom is 0.411 e. The molecule has 1 heterocycles. The second kappa shape index (κ2) is 5.60. The molecule has 0 unspecified atom stereocenters. The molecule has 0 aromatic rings. The van der Waals surface area contributed by atoms with Crippen LogP contribution >= 0.6 is 0 Å². The van der Waals surface area contributed by atoms with Gasteiger partial charge < -0.3 is 15.2 Å². The summed E-state index contributed by atoms with van der Waals surface area (Å²) in [7, 11) is 0. The number of hydrogen-bond acceptors (Lipinski definition) is 5. The second-order valence-electron chi connectivity index (χ2n) is 7.18. The van der Waals surface area contributed by atoms with Gasteiger partial charge in [-0.25, -0.2) is 9.59 Å². The Hall–Kier alpha value is -1.30. The molecule has 0 spiro atoms. The average Bonchev–Trinajstić information content (AvgIpc) is 2.55. The lowest BCUT2D eigenvalue weighted by Gasteiger charge is -2.29. The van der Waals surface area contributed by atoms with Gasteiger partial charge in [-0.2, -0.15) is 0 Å². The number of carbonyl (C=O) groups is 2. The fourth-order valence-electron chi connectivity index (χ4n) is 1.98. The van der Waals surface area contributed by atoms with E-state index in [2.05, 4.69) is 0 Å². The van der Waals surface area contributed by atoms with Crippen LogP contribution in [0.2, 0.25) is 0 Å². The first-order valence-corrected chi connectivity index (χ1v) is 6.87. The monoisotopic (exact) mass is 286 g/mol. The predicted molar refractivity (Wildman–Crippen MR) is 75.2 cm³/mol. The standard InChI is InChI=1S/C14H26N2O4/c1-13(2,3)19-11(17)10-7-9(15)8-16(10)12(18)20-14(4,5)6/h9-10H,7-8,15H2,1-6H3/t9-,10-/m0/s1. The first-order valence-electron chi connectivity index (χ1n) is 6.87. The van der Waals surface area contributed by atoms with Crippen molar-refractivity contribution in [2.24, 2.45) is 5.73 Å². The minimum Gasteiger partial charge on any atom is -0.458 e. The van der Waals surface area contributed by atoms with Crippen LogP contribution < -0.4 is 5.73 Å². The summed E-state index contributed by atoms with van der Waals surface area (Å²) >= 11 is 0. The van der Waals surface area contributed by atoms with Crippen LogP contribution in [-0.2, 0) is 14.3 Å². The molecule has 20 heavy (non-hydrogen) atoms. The molecule has 2 N–H and O–H groups in total. The third kappa shape index (κ3) is 5.00. The van der Waals surface area contributed by atoms with E-state index in [9.17, 15) is 9.59 Å². The van der Waals surface area contributed by atoms with Crippen molar-refractivity contribution in [3.05, 3.63) is 0 Å². The van der Waals surface area contributed by atoms with E-state index < -0.39 is 29.3 Å². The van der Waals surface area contributed by atoms with E-state index in [0.717, 1.165) is 0 Å². The van der Waals surface area contributed by atoms with Gasteiger partial charge in [0, 0.05) is 12.6 Å². The Kier molecular flexibility index (Phi) is 4.69. The lowest BCUT2D eigenvalue weighted by molar-refractivity contribution is -0.160. The summed E-state index contributed by atoms with van der Waals surface area (Å²) < 4.78 is 10.6. The highest BCUT2D eigenvalue weighted by molar-refractivity contribution is 5.82. The van der Waals surface area contributed by atoms with Crippen molar-refractivity contribution in [2.75, 3.05) is 6.54 Å². The van der Waals surface area contributed by atoms with Crippen LogP contribution in [0.25, 0.3) is 0 Å². The van der Waals surface area contributed by atoms with Crippen LogP contribution in [0, 0.1) is 0 Å². The second-order valence-corrected chi connectivity index (χ2v) is 7.18. The van der Waals surface area contributed by atoms with Gasteiger partial charge in [0.1, 0.15) is 17.2 Å². The Labute approximate surface area is 120 Å². The van der Waals surface area contributed by atoms with Crippen LogP contribution in [0.1, 0.15) is 48.0 Å². The molecule has 0 aromatic heterocycles. The van der Waals surface area contributed by atoms with Crippen LogP contribution in [-0.4, -0.2) is 46.8 Å². The number of carbonyl (C=O) groups excluding carboxylic acids is 2. The zero-order valence-corrected chi connectivity index (χ0v) is 13.2. The van der Waals surface area contributed by atoms with Crippen molar-refractivity contribution in [1.29, 1.82) is 0 Å². The van der Waals surface area contributed by atoms with Crippen LogP contribution in [0.3, 0.4) is 0 Å². The fraction of sp³-hybridized carbons (Fsp3) is 0.857. The SMILES string of the molecule is CC(C)(C)OC(=O)[C@@H]1C[C@H](N)CN1C(=O)OC(C)(C)C. The summed E-state index contributed by atoms with van der Waals surface area (Å²) in [5, 5.41) is 0. The van der Waals surface area contributed by atoms with Crippen LogP contribution in [0.4, 0.5) is 4.79 Å². The molecule has 6 nitrogen and oxygen atoms in total. The van der Waals surface area contributed by atoms with Gasteiger partial charge in [0.2, 0.25) is 0 Å². The number of nitrogens with zero attached hydrogens (tertiary/aromatic N) is 1. The Bertz CT molecular complexity index is 346. The van der Waals surface area contributed by atoms with E-state index in [1.54, 1.807) is 41.5 Å². The van der Waals surface area contributed by atoms with Gasteiger partial charge in [0.05, 0.1) is 0 Å². The normalized spacial score (nSPS) is 23.6. The van der Waals surface area contributed by atoms with Crippen molar-refractivity contribution < 1.29 is 19.1 Å². The zero-order chi connectivity index (χ0) is 15.7. The van der Waals surface area contributed by atoms with Crippen molar-refractivity contribution in [3.8, 4) is 0 Å². The molecule has 0 aromatic carbocycles. The molecule has 0 saturated carbocycles. The van der Waals surface area contributed by atoms with Gasteiger partial charge in [-0.15, -0.1) is 0 Å². The van der Waals surface area contributed by atoms with E-state index in [1.165, 1.54) is 4.90 Å². The van der Waals surface area contributed by atoms with Gasteiger partial charge in [-0.1, -0.05) is 0 Å². The van der Waals surface area contributed by atoms with E-state index >= 15 is 0 Å². The van der Waals surface area contributed by atoms with Crippen molar-refractivity contribution in [2.45, 2.75) is 71.2 Å². The Balaban J connectivity index is 2.78. The molecule has 1 fully saturated rings. The van der Waals surface area contributed by atoms with Gasteiger partial charge in [-0.3, -0.25) is 4.90 Å². The molecule has 0 bridgehead atoms. The minimum absolute atomic E-state index is 0.236. The lowest BCUT2D eigenvalue weighted by Crippen LogP contribution is -2.45. The molecule has 1 aliphatic heterocycles. The summed E-state index contributed by atoms with van der Waals surface area (Å²) in [6.45, 7) is 11.0. The quantitative estimate of drug-likeness (QED) is 0.741. The number of likely N-dealkylation sites (tertiary alicyclic amines) is 1. The number of amides is 1. The summed E-state index contributed by atoms with van der Waals surface area (Å²) in [6, 6.07) is -0.904. The third-order valence-electron chi connectivity index (χ3n) is 2.64. The van der Waals surface area contributed by atoms with E-state index in [0.29, 0.717) is 13.0 Å². The van der Waals surface area contributed by atoms with Crippen LogP contribution in [0.15, 0.2) is 0 Å². The number of nitrogens with two attached hydrogens (primary N) is 1. The van der Waals surface area contributed by atoms with Crippen molar-refractivity contribution in [3.63, 3.8) is 0 Å². The highest BCUT2D eigenvalue weighted by atomic mass is 16.6. The zero-order valence-electron chi connectivity index (χ0n) is 13.2. The topological polar surface area (TPSA) is 81.9 Å². The first kappa shape index (κ1) is 16.8. The van der Waals surface area contributed by atoms with E-state index in [-0.39, 0.29) is 6.04 Å². The van der Waals surface area contributed by atoms with Gasteiger partial charge in [-0.05, 0) is 48.0 Å². The Morgan fingerprint density at radius 3 is 2.00 bits per heavy atom. The predicted octanol–water partition coefficient (Wildman–Crippen LogP) is 1.66. The summed E-state index contributed by atoms with van der Waals surface area (Å²) in [4.78, 5) is 25.7. The molecule has 0 radical (unpaired) electrons. The number of ether oxygens (including phenoxy) is 2. The maximum atomic E-state index is 12.2. The van der Waals surface area contributed by atoms with Gasteiger partial charge >= 0.3 is 12.1 Å². The average molecular weight is 286 g/mol. The molecule has 1 aliphatic rings. The highest BCUT2D eigenvalue weighted by Crippen LogP contribution is 2.23. The smallest absolute Gasteiger partial charge is 0.411 e. The van der Waals surface area contributed by atoms with E-state index in [4.69, 9.17) is 15.2 Å². The van der Waals surface area contributed by atoms with Crippen LogP contribution in [0.5, 0.6) is 0 Å². The molecule has 6 heteroatoms.